The lowest BCUT2D eigenvalue weighted by atomic mass is 10.2. The summed E-state index contributed by atoms with van der Waals surface area (Å²) in [4.78, 5) is 24.0. The third kappa shape index (κ3) is 4.87. The Morgan fingerprint density at radius 3 is 2.25 bits per heavy atom. The lowest BCUT2D eigenvalue weighted by molar-refractivity contribution is -0.143. The molecule has 1 amide bonds. The maximum atomic E-state index is 13.5. The zero-order valence-corrected chi connectivity index (χ0v) is 16.6. The summed E-state index contributed by atoms with van der Waals surface area (Å²) in [5.74, 6) is -2.05. The summed E-state index contributed by atoms with van der Waals surface area (Å²) >= 11 is 0.115. The molecule has 2 aromatic heterocycles. The number of aromatic nitrogens is 4. The van der Waals surface area contributed by atoms with E-state index in [1.54, 1.807) is 0 Å². The Labute approximate surface area is 178 Å². The van der Waals surface area contributed by atoms with Crippen LogP contribution in [-0.4, -0.2) is 38.5 Å². The molecule has 170 valence electrons. The maximum absolute atomic E-state index is 13.5. The van der Waals surface area contributed by atoms with E-state index in [1.165, 1.54) is 6.92 Å². The van der Waals surface area contributed by atoms with Crippen molar-refractivity contribution in [3.63, 3.8) is 0 Å². The van der Waals surface area contributed by atoms with Gasteiger partial charge in [0.05, 0.1) is 18.5 Å². The standard InChI is InChI=1S/C17H11F6N5O3S/c1-2-31-13(30)10-7-24-28(11(10)16(18,19)20)9-5-3-8(4-6-9)12(29)25-15-27-26-14(32-15)17(21,22)23/h3-7H,2H2,1H3,(H,25,27,29). The number of hydrogen-bond acceptors (Lipinski definition) is 7. The highest BCUT2D eigenvalue weighted by atomic mass is 32.1. The van der Waals surface area contributed by atoms with E-state index in [-0.39, 0.29) is 29.2 Å². The number of nitrogens with one attached hydrogen (secondary N) is 1. The summed E-state index contributed by atoms with van der Waals surface area (Å²) in [6.45, 7) is 1.30. The molecular weight excluding hydrogens is 468 g/mol. The van der Waals surface area contributed by atoms with E-state index in [4.69, 9.17) is 0 Å². The van der Waals surface area contributed by atoms with Crippen LogP contribution in [0.4, 0.5) is 31.5 Å². The van der Waals surface area contributed by atoms with Gasteiger partial charge < -0.3 is 4.74 Å². The number of amides is 1. The summed E-state index contributed by atoms with van der Waals surface area (Å²) in [6, 6.07) is 4.49. The predicted molar refractivity (Wildman–Crippen MR) is 97.4 cm³/mol. The first kappa shape index (κ1) is 23.2. The van der Waals surface area contributed by atoms with Crippen molar-refractivity contribution in [3.05, 3.63) is 52.3 Å². The highest BCUT2D eigenvalue weighted by molar-refractivity contribution is 7.15. The van der Waals surface area contributed by atoms with Crippen molar-refractivity contribution < 1.29 is 40.7 Å². The van der Waals surface area contributed by atoms with Gasteiger partial charge in [0, 0.05) is 5.56 Å². The molecule has 2 heterocycles. The molecule has 0 atom stereocenters. The summed E-state index contributed by atoms with van der Waals surface area (Å²) in [5.41, 5.74) is -2.34. The first-order valence-electron chi connectivity index (χ1n) is 8.56. The fourth-order valence-electron chi connectivity index (χ4n) is 2.49. The molecule has 1 N–H and O–H groups in total. The van der Waals surface area contributed by atoms with Gasteiger partial charge in [-0.25, -0.2) is 9.48 Å². The van der Waals surface area contributed by atoms with Crippen LogP contribution in [0.3, 0.4) is 0 Å². The summed E-state index contributed by atoms with van der Waals surface area (Å²) in [7, 11) is 0. The average Bonchev–Trinajstić information content (AvgIpc) is 3.35. The molecule has 0 fully saturated rings. The summed E-state index contributed by atoms with van der Waals surface area (Å²) < 4.78 is 83.4. The van der Waals surface area contributed by atoms with Gasteiger partial charge in [0.2, 0.25) is 10.1 Å². The van der Waals surface area contributed by atoms with Crippen molar-refractivity contribution >= 4 is 28.3 Å². The Balaban J connectivity index is 1.85. The lowest BCUT2D eigenvalue weighted by Gasteiger charge is -2.12. The molecule has 0 radical (unpaired) electrons. The van der Waals surface area contributed by atoms with E-state index in [9.17, 15) is 35.9 Å². The smallest absolute Gasteiger partial charge is 0.445 e. The number of esters is 1. The van der Waals surface area contributed by atoms with Gasteiger partial charge in [-0.1, -0.05) is 11.3 Å². The van der Waals surface area contributed by atoms with E-state index in [0.29, 0.717) is 4.68 Å². The second-order valence-corrected chi connectivity index (χ2v) is 6.93. The molecule has 3 rings (SSSR count). The van der Waals surface area contributed by atoms with Gasteiger partial charge in [-0.2, -0.15) is 31.4 Å². The number of anilines is 1. The number of hydrogen-bond donors (Lipinski definition) is 1. The molecule has 0 bridgehead atoms. The Morgan fingerprint density at radius 2 is 1.72 bits per heavy atom. The highest BCUT2D eigenvalue weighted by Gasteiger charge is 2.41. The minimum absolute atomic E-state index is 0.0798. The molecule has 0 unspecified atom stereocenters. The highest BCUT2D eigenvalue weighted by Crippen LogP contribution is 2.35. The maximum Gasteiger partial charge on any atom is 0.445 e. The van der Waals surface area contributed by atoms with Crippen LogP contribution in [0.2, 0.25) is 0 Å². The first-order valence-corrected chi connectivity index (χ1v) is 9.38. The van der Waals surface area contributed by atoms with Crippen LogP contribution >= 0.6 is 11.3 Å². The molecule has 0 spiro atoms. The Hall–Kier alpha value is -3.49. The van der Waals surface area contributed by atoms with Gasteiger partial charge in [0.1, 0.15) is 5.56 Å². The van der Waals surface area contributed by atoms with Crippen molar-refractivity contribution in [1.82, 2.24) is 20.0 Å². The average molecular weight is 479 g/mol. The van der Waals surface area contributed by atoms with E-state index >= 15 is 0 Å². The van der Waals surface area contributed by atoms with Crippen molar-refractivity contribution in [1.29, 1.82) is 0 Å². The van der Waals surface area contributed by atoms with Crippen molar-refractivity contribution in [2.24, 2.45) is 0 Å². The quantitative estimate of drug-likeness (QED) is 0.435. The lowest BCUT2D eigenvalue weighted by Crippen LogP contribution is -2.18. The third-order valence-electron chi connectivity index (χ3n) is 3.80. The van der Waals surface area contributed by atoms with Gasteiger partial charge in [0.25, 0.3) is 5.91 Å². The number of alkyl halides is 6. The Morgan fingerprint density at radius 1 is 1.06 bits per heavy atom. The molecule has 0 aliphatic heterocycles. The van der Waals surface area contributed by atoms with E-state index in [1.807, 2.05) is 0 Å². The van der Waals surface area contributed by atoms with Crippen LogP contribution in [0.5, 0.6) is 0 Å². The fourth-order valence-corrected chi connectivity index (χ4v) is 3.09. The topological polar surface area (TPSA) is 99.0 Å². The zero-order chi connectivity index (χ0) is 23.7. The van der Waals surface area contributed by atoms with Crippen LogP contribution < -0.4 is 5.32 Å². The van der Waals surface area contributed by atoms with Crippen LogP contribution in [-0.2, 0) is 17.1 Å². The molecule has 8 nitrogen and oxygen atoms in total. The largest absolute Gasteiger partial charge is 0.462 e. The Bertz CT molecular complexity index is 1140. The molecule has 0 saturated carbocycles. The fraction of sp³-hybridized carbons (Fsp3) is 0.235. The molecule has 3 aromatic rings. The number of carbonyl (C=O) groups excluding carboxylic acids is 2. The van der Waals surface area contributed by atoms with Crippen LogP contribution in [0.15, 0.2) is 30.5 Å². The summed E-state index contributed by atoms with van der Waals surface area (Å²) in [6.07, 6.45) is -8.94. The second kappa shape index (κ2) is 8.57. The monoisotopic (exact) mass is 479 g/mol. The van der Waals surface area contributed by atoms with Crippen LogP contribution in [0.25, 0.3) is 5.69 Å². The van der Waals surface area contributed by atoms with Crippen molar-refractivity contribution in [2.75, 3.05) is 11.9 Å². The normalized spacial score (nSPS) is 12.0. The third-order valence-corrected chi connectivity index (χ3v) is 4.68. The van der Waals surface area contributed by atoms with Gasteiger partial charge in [-0.15, -0.1) is 10.2 Å². The van der Waals surface area contributed by atoms with Crippen molar-refractivity contribution in [2.45, 2.75) is 19.3 Å². The zero-order valence-electron chi connectivity index (χ0n) is 15.8. The molecule has 0 aliphatic carbocycles. The molecule has 15 heteroatoms. The molecule has 32 heavy (non-hydrogen) atoms. The van der Waals surface area contributed by atoms with E-state index < -0.39 is 45.6 Å². The number of halogens is 6. The number of nitrogens with zero attached hydrogens (tertiary/aromatic N) is 4. The number of carbonyl (C=O) groups is 2. The number of benzene rings is 1. The molecule has 0 saturated heterocycles. The predicted octanol–water partition coefficient (Wildman–Crippen LogP) is 4.19. The van der Waals surface area contributed by atoms with Gasteiger partial charge >= 0.3 is 18.3 Å². The first-order chi connectivity index (χ1) is 14.9. The van der Waals surface area contributed by atoms with Gasteiger partial charge in [0.15, 0.2) is 5.69 Å². The van der Waals surface area contributed by atoms with Crippen LogP contribution in [0, 0.1) is 0 Å². The van der Waals surface area contributed by atoms with Crippen LogP contribution in [0.1, 0.15) is 38.3 Å². The Kier molecular flexibility index (Phi) is 6.20. The van der Waals surface area contributed by atoms with E-state index in [0.717, 1.165) is 30.5 Å². The molecule has 1 aromatic carbocycles. The molecular formula is C17H11F6N5O3S. The van der Waals surface area contributed by atoms with Gasteiger partial charge in [-0.3, -0.25) is 10.1 Å². The SMILES string of the molecule is CCOC(=O)c1cnn(-c2ccc(C(=O)Nc3nnc(C(F)(F)F)s3)cc2)c1C(F)(F)F. The van der Waals surface area contributed by atoms with Gasteiger partial charge in [-0.05, 0) is 31.2 Å². The van der Waals surface area contributed by atoms with E-state index in [2.05, 4.69) is 25.3 Å². The summed E-state index contributed by atoms with van der Waals surface area (Å²) in [5, 5.41) is 10.2. The molecule has 0 aliphatic rings. The number of ether oxygens (including phenoxy) is 1. The van der Waals surface area contributed by atoms with Crippen molar-refractivity contribution in [3.8, 4) is 5.69 Å². The minimum Gasteiger partial charge on any atom is -0.462 e. The number of rotatable bonds is 5. The second-order valence-electron chi connectivity index (χ2n) is 5.95. The minimum atomic E-state index is -4.94.